The summed E-state index contributed by atoms with van der Waals surface area (Å²) in [5.41, 5.74) is 4.27. The summed E-state index contributed by atoms with van der Waals surface area (Å²) in [5.74, 6) is -0.164. The summed E-state index contributed by atoms with van der Waals surface area (Å²) in [6.07, 6.45) is 4.95. The number of aromatic nitrogens is 2. The van der Waals surface area contributed by atoms with Crippen molar-refractivity contribution >= 4 is 70.0 Å². The average molecular weight is 726 g/mol. The number of fused-ring (bicyclic) bond motifs is 2. The molecule has 5 aliphatic heterocycles. The molecule has 3 aromatic rings. The minimum Gasteiger partial charge on any atom is -0.371 e. The van der Waals surface area contributed by atoms with E-state index in [0.717, 1.165) is 86.2 Å². The van der Waals surface area contributed by atoms with E-state index in [1.54, 1.807) is 30.3 Å². The smallest absolute Gasteiger partial charge is 0.264 e. The molecule has 8 rings (SSSR count). The van der Waals surface area contributed by atoms with Gasteiger partial charge in [0.15, 0.2) is 5.82 Å². The lowest BCUT2D eigenvalue weighted by molar-refractivity contribution is -0.136. The van der Waals surface area contributed by atoms with Crippen LogP contribution in [0.3, 0.4) is 0 Å². The number of benzene rings is 2. The summed E-state index contributed by atoms with van der Waals surface area (Å²) in [6.45, 7) is 5.83. The van der Waals surface area contributed by atoms with Crippen LogP contribution in [0.1, 0.15) is 58.4 Å². The fourth-order valence-electron chi connectivity index (χ4n) is 8.08. The van der Waals surface area contributed by atoms with Crippen molar-refractivity contribution in [1.82, 2.24) is 25.1 Å². The number of carbonyl (C=O) groups is 5. The molecule has 5 aliphatic rings. The summed E-state index contributed by atoms with van der Waals surface area (Å²) in [5, 5.41) is 6.04. The van der Waals surface area contributed by atoms with Gasteiger partial charge in [0.05, 0.1) is 23.0 Å². The molecule has 1 aromatic heterocycles. The van der Waals surface area contributed by atoms with Crippen LogP contribution in [0.5, 0.6) is 0 Å². The van der Waals surface area contributed by atoms with Crippen molar-refractivity contribution in [2.24, 2.45) is 5.92 Å². The third-order valence-corrected chi connectivity index (χ3v) is 11.3. The molecule has 0 aliphatic carbocycles. The van der Waals surface area contributed by atoms with Gasteiger partial charge < -0.3 is 20.0 Å². The first-order chi connectivity index (χ1) is 25.1. The maximum Gasteiger partial charge on any atom is 0.264 e. The standard InChI is InChI=1S/C37H40ClN9O5/c1-43-27-7-6-24(19-23(27)5-10-31(43)49)40-33-26(38)20-39-37(42-33)46-17-15-44(16-18-46)21-22-11-13-45(14-12-22)28-4-2-3-25-32(28)36(52)47(35(25)51)29-8-9-30(48)41-34(29)50/h2-4,6-7,19-20,22,29H,5,8-18,21H2,1H3,(H,39,40,42)(H,41,48,50). The molecule has 15 heteroatoms. The highest BCUT2D eigenvalue weighted by Gasteiger charge is 2.46. The molecule has 2 N–H and O–H groups in total. The summed E-state index contributed by atoms with van der Waals surface area (Å²) in [6, 6.07) is 10.3. The van der Waals surface area contributed by atoms with Gasteiger partial charge in [-0.3, -0.25) is 39.1 Å². The molecule has 5 amide bonds. The lowest BCUT2D eigenvalue weighted by Crippen LogP contribution is -2.54. The van der Waals surface area contributed by atoms with Gasteiger partial charge in [0, 0.05) is 77.1 Å². The Morgan fingerprint density at radius 2 is 1.65 bits per heavy atom. The third kappa shape index (κ3) is 6.34. The molecule has 2 aromatic carbocycles. The van der Waals surface area contributed by atoms with E-state index >= 15 is 0 Å². The number of hydrogen-bond donors (Lipinski definition) is 2. The number of piperidine rings is 2. The number of nitrogens with one attached hydrogen (secondary N) is 2. The summed E-state index contributed by atoms with van der Waals surface area (Å²) in [7, 11) is 1.80. The molecule has 270 valence electrons. The fourth-order valence-corrected chi connectivity index (χ4v) is 8.22. The van der Waals surface area contributed by atoms with Crippen molar-refractivity contribution in [3.05, 3.63) is 64.3 Å². The molecule has 52 heavy (non-hydrogen) atoms. The van der Waals surface area contributed by atoms with Crippen LogP contribution in [0.2, 0.25) is 5.02 Å². The molecule has 0 radical (unpaired) electrons. The Bertz CT molecular complexity index is 1970. The van der Waals surface area contributed by atoms with Crippen molar-refractivity contribution in [2.75, 3.05) is 72.9 Å². The first kappa shape index (κ1) is 34.0. The number of piperazine rings is 1. The molecule has 6 heterocycles. The van der Waals surface area contributed by atoms with E-state index in [-0.39, 0.29) is 18.7 Å². The molecule has 14 nitrogen and oxygen atoms in total. The monoisotopic (exact) mass is 725 g/mol. The molecule has 1 atom stereocenters. The Balaban J connectivity index is 0.850. The molecule has 3 saturated heterocycles. The van der Waals surface area contributed by atoms with Crippen molar-refractivity contribution in [2.45, 2.75) is 44.6 Å². The zero-order valence-corrected chi connectivity index (χ0v) is 29.7. The Labute approximate surface area is 306 Å². The number of imide groups is 2. The van der Waals surface area contributed by atoms with Crippen molar-refractivity contribution in [1.29, 1.82) is 0 Å². The van der Waals surface area contributed by atoms with Crippen LogP contribution < -0.4 is 25.3 Å². The van der Waals surface area contributed by atoms with Crippen LogP contribution in [0, 0.1) is 5.92 Å². The zero-order chi connectivity index (χ0) is 36.1. The largest absolute Gasteiger partial charge is 0.371 e. The third-order valence-electron chi connectivity index (χ3n) is 11.0. The summed E-state index contributed by atoms with van der Waals surface area (Å²) >= 11 is 6.51. The van der Waals surface area contributed by atoms with Crippen LogP contribution >= 0.6 is 11.6 Å². The Kier molecular flexibility index (Phi) is 9.04. The second-order valence-electron chi connectivity index (χ2n) is 14.2. The minimum atomic E-state index is -0.980. The molecule has 1 unspecified atom stereocenters. The highest BCUT2D eigenvalue weighted by Crippen LogP contribution is 2.36. The number of nitrogens with zero attached hydrogens (tertiary/aromatic N) is 7. The second-order valence-corrected chi connectivity index (χ2v) is 14.6. The maximum atomic E-state index is 13.6. The molecule has 0 saturated carbocycles. The second kappa shape index (κ2) is 13.8. The van der Waals surface area contributed by atoms with Gasteiger partial charge in [-0.1, -0.05) is 17.7 Å². The van der Waals surface area contributed by atoms with Gasteiger partial charge >= 0.3 is 0 Å². The zero-order valence-electron chi connectivity index (χ0n) is 28.9. The van der Waals surface area contributed by atoms with E-state index < -0.39 is 29.7 Å². The van der Waals surface area contributed by atoms with Gasteiger partial charge in [0.2, 0.25) is 23.7 Å². The average Bonchev–Trinajstić information content (AvgIpc) is 3.40. The number of halogens is 1. The van der Waals surface area contributed by atoms with Crippen molar-refractivity contribution < 1.29 is 24.0 Å². The first-order valence-corrected chi connectivity index (χ1v) is 18.3. The van der Waals surface area contributed by atoms with Crippen LogP contribution in [-0.4, -0.2) is 108 Å². The van der Waals surface area contributed by atoms with Crippen molar-refractivity contribution in [3.8, 4) is 0 Å². The Morgan fingerprint density at radius 1 is 0.865 bits per heavy atom. The quantitative estimate of drug-likeness (QED) is 0.346. The number of hydrogen-bond acceptors (Lipinski definition) is 11. The Morgan fingerprint density at radius 3 is 2.42 bits per heavy atom. The topological polar surface area (TPSA) is 151 Å². The number of rotatable bonds is 7. The normalized spacial score (nSPS) is 21.4. The molecule has 3 fully saturated rings. The minimum absolute atomic E-state index is 0.0904. The number of aryl methyl sites for hydroxylation is 1. The van der Waals surface area contributed by atoms with Gasteiger partial charge in [-0.15, -0.1) is 0 Å². The lowest BCUT2D eigenvalue weighted by Gasteiger charge is -2.39. The van der Waals surface area contributed by atoms with E-state index in [2.05, 4.69) is 30.3 Å². The molecule has 0 bridgehead atoms. The van der Waals surface area contributed by atoms with Gasteiger partial charge in [0.25, 0.3) is 11.8 Å². The summed E-state index contributed by atoms with van der Waals surface area (Å²) in [4.78, 5) is 82.1. The predicted molar refractivity (Wildman–Crippen MR) is 195 cm³/mol. The predicted octanol–water partition coefficient (Wildman–Crippen LogP) is 3.22. The van der Waals surface area contributed by atoms with Gasteiger partial charge in [-0.2, -0.15) is 4.98 Å². The highest BCUT2D eigenvalue weighted by molar-refractivity contribution is 6.33. The van der Waals surface area contributed by atoms with E-state index in [1.807, 2.05) is 24.3 Å². The van der Waals surface area contributed by atoms with E-state index in [9.17, 15) is 24.0 Å². The van der Waals surface area contributed by atoms with Gasteiger partial charge in [-0.05, 0) is 67.5 Å². The number of carbonyl (C=O) groups excluding carboxylic acids is 5. The van der Waals surface area contributed by atoms with Crippen LogP contribution in [0.15, 0.2) is 42.6 Å². The number of amides is 5. The SMILES string of the molecule is CN1C(=O)CCc2cc(Nc3nc(N4CCN(CC5CCN(c6cccc7c6C(=O)N(C6CCC(=O)NC6=O)C7=O)CC5)CC4)ncc3Cl)ccc21. The molecular weight excluding hydrogens is 686 g/mol. The Hall–Kier alpha value is -5.08. The molecular formula is C37H40ClN9O5. The number of anilines is 5. The van der Waals surface area contributed by atoms with E-state index in [1.165, 1.54) is 0 Å². The van der Waals surface area contributed by atoms with Crippen LogP contribution in [-0.2, 0) is 20.8 Å². The lowest BCUT2D eigenvalue weighted by atomic mass is 9.94. The first-order valence-electron chi connectivity index (χ1n) is 17.9. The van der Waals surface area contributed by atoms with Gasteiger partial charge in [-0.25, -0.2) is 4.98 Å². The van der Waals surface area contributed by atoms with Gasteiger partial charge in [0.1, 0.15) is 11.1 Å². The highest BCUT2D eigenvalue weighted by atomic mass is 35.5. The van der Waals surface area contributed by atoms with Crippen molar-refractivity contribution in [3.63, 3.8) is 0 Å². The van der Waals surface area contributed by atoms with E-state index in [0.29, 0.717) is 46.7 Å². The summed E-state index contributed by atoms with van der Waals surface area (Å²) < 4.78 is 0. The fraction of sp³-hybridized carbons (Fsp3) is 0.432. The van der Waals surface area contributed by atoms with Crippen LogP contribution in [0.4, 0.5) is 28.8 Å². The molecule has 0 spiro atoms. The maximum absolute atomic E-state index is 13.6. The van der Waals surface area contributed by atoms with Crippen LogP contribution in [0.25, 0.3) is 0 Å². The van der Waals surface area contributed by atoms with E-state index in [4.69, 9.17) is 16.6 Å².